The second kappa shape index (κ2) is 9.86. The number of benzene rings is 1. The molecule has 0 aliphatic carbocycles. The Balaban J connectivity index is 1.94. The number of carbonyl (C=O) groups excluding carboxylic acids is 1. The lowest BCUT2D eigenvalue weighted by atomic mass is 10.2. The van der Waals surface area contributed by atoms with E-state index in [9.17, 15) is 13.2 Å². The summed E-state index contributed by atoms with van der Waals surface area (Å²) < 4.78 is 37.0. The van der Waals surface area contributed by atoms with Gasteiger partial charge in [0, 0.05) is 32.3 Å². The highest BCUT2D eigenvalue weighted by atomic mass is 32.2. The molecule has 0 bridgehead atoms. The van der Waals surface area contributed by atoms with Crippen molar-refractivity contribution >= 4 is 15.9 Å². The molecule has 0 saturated carbocycles. The molecule has 1 fully saturated rings. The first-order valence-electron chi connectivity index (χ1n) is 8.51. The maximum absolute atomic E-state index is 12.7. The van der Waals surface area contributed by atoms with Gasteiger partial charge in [0.25, 0.3) is 5.91 Å². The number of piperidine rings is 1. The van der Waals surface area contributed by atoms with E-state index < -0.39 is 10.0 Å². The Kier molecular flexibility index (Phi) is 7.83. The number of nitrogens with one attached hydrogen (secondary N) is 1. The van der Waals surface area contributed by atoms with Crippen molar-refractivity contribution in [3.05, 3.63) is 29.8 Å². The third-order valence-electron chi connectivity index (χ3n) is 4.01. The molecule has 0 aromatic heterocycles. The van der Waals surface area contributed by atoms with Crippen molar-refractivity contribution in [2.45, 2.75) is 24.2 Å². The molecule has 1 aromatic rings. The second-order valence-electron chi connectivity index (χ2n) is 5.85. The molecule has 0 spiro atoms. The van der Waals surface area contributed by atoms with Gasteiger partial charge in [0.15, 0.2) is 0 Å². The van der Waals surface area contributed by atoms with Crippen LogP contribution in [-0.2, 0) is 19.5 Å². The van der Waals surface area contributed by atoms with Crippen LogP contribution in [0.3, 0.4) is 0 Å². The van der Waals surface area contributed by atoms with E-state index in [1.54, 1.807) is 19.2 Å². The van der Waals surface area contributed by atoms with Crippen LogP contribution in [-0.4, -0.2) is 65.2 Å². The third kappa shape index (κ3) is 5.78. The predicted octanol–water partition coefficient (Wildman–Crippen LogP) is 1.25. The molecule has 1 amide bonds. The quantitative estimate of drug-likeness (QED) is 0.662. The highest BCUT2D eigenvalue weighted by molar-refractivity contribution is 7.89. The standard InChI is InChI=1S/C17H26N2O5S/c1-23-12-13-24-11-8-18-17(20)15-6-5-7-16(14-15)25(21,22)19-9-3-2-4-10-19/h5-7,14H,2-4,8-13H2,1H3,(H,18,20). The van der Waals surface area contributed by atoms with Crippen LogP contribution in [0.25, 0.3) is 0 Å². The molecule has 1 aliphatic heterocycles. The summed E-state index contributed by atoms with van der Waals surface area (Å²) in [6.45, 7) is 2.78. The summed E-state index contributed by atoms with van der Waals surface area (Å²) in [5.74, 6) is -0.314. The van der Waals surface area contributed by atoms with E-state index in [2.05, 4.69) is 5.32 Å². The molecule has 1 saturated heterocycles. The van der Waals surface area contributed by atoms with Crippen molar-refractivity contribution in [2.24, 2.45) is 0 Å². The number of nitrogens with zero attached hydrogens (tertiary/aromatic N) is 1. The smallest absolute Gasteiger partial charge is 0.251 e. The lowest BCUT2D eigenvalue weighted by Gasteiger charge is -2.26. The minimum absolute atomic E-state index is 0.165. The molecule has 0 atom stereocenters. The lowest BCUT2D eigenvalue weighted by molar-refractivity contribution is 0.0692. The first kappa shape index (κ1) is 19.8. The molecule has 8 heteroatoms. The fourth-order valence-corrected chi connectivity index (χ4v) is 4.20. The number of rotatable bonds is 9. The van der Waals surface area contributed by atoms with Crippen molar-refractivity contribution in [2.75, 3.05) is 46.6 Å². The first-order chi connectivity index (χ1) is 12.1. The van der Waals surface area contributed by atoms with E-state index in [-0.39, 0.29) is 10.8 Å². The average molecular weight is 370 g/mol. The largest absolute Gasteiger partial charge is 0.382 e. The molecule has 0 unspecified atom stereocenters. The Bertz CT molecular complexity index is 657. The van der Waals surface area contributed by atoms with Crippen molar-refractivity contribution in [3.8, 4) is 0 Å². The molecule has 1 N–H and O–H groups in total. The summed E-state index contributed by atoms with van der Waals surface area (Å²) in [5.41, 5.74) is 0.329. The Morgan fingerprint density at radius 3 is 2.64 bits per heavy atom. The number of ether oxygens (including phenoxy) is 2. The van der Waals surface area contributed by atoms with E-state index >= 15 is 0 Å². The summed E-state index contributed by atoms with van der Waals surface area (Å²) in [4.78, 5) is 12.4. The third-order valence-corrected chi connectivity index (χ3v) is 5.91. The lowest BCUT2D eigenvalue weighted by Crippen LogP contribution is -2.35. The summed E-state index contributed by atoms with van der Waals surface area (Å²) in [5, 5.41) is 2.72. The summed E-state index contributed by atoms with van der Waals surface area (Å²) >= 11 is 0. The molecular formula is C17H26N2O5S. The predicted molar refractivity (Wildman–Crippen MR) is 94.1 cm³/mol. The molecule has 1 aliphatic rings. The van der Waals surface area contributed by atoms with Crippen LogP contribution in [0.15, 0.2) is 29.2 Å². The van der Waals surface area contributed by atoms with E-state index in [4.69, 9.17) is 9.47 Å². The highest BCUT2D eigenvalue weighted by Crippen LogP contribution is 2.21. The van der Waals surface area contributed by atoms with Gasteiger partial charge in [-0.05, 0) is 31.0 Å². The van der Waals surface area contributed by atoms with Gasteiger partial charge < -0.3 is 14.8 Å². The number of methoxy groups -OCH3 is 1. The molecule has 2 rings (SSSR count). The number of hydrogen-bond donors (Lipinski definition) is 1. The summed E-state index contributed by atoms with van der Waals surface area (Å²) in [6.07, 6.45) is 2.81. The van der Waals surface area contributed by atoms with E-state index in [0.717, 1.165) is 19.3 Å². The molecule has 0 radical (unpaired) electrons. The van der Waals surface area contributed by atoms with Crippen molar-refractivity contribution in [1.82, 2.24) is 9.62 Å². The van der Waals surface area contributed by atoms with E-state index in [1.165, 1.54) is 16.4 Å². The van der Waals surface area contributed by atoms with Gasteiger partial charge in [0.1, 0.15) is 0 Å². The zero-order chi connectivity index (χ0) is 18.1. The highest BCUT2D eigenvalue weighted by Gasteiger charge is 2.26. The monoisotopic (exact) mass is 370 g/mol. The van der Waals surface area contributed by atoms with Gasteiger partial charge >= 0.3 is 0 Å². The zero-order valence-corrected chi connectivity index (χ0v) is 15.4. The van der Waals surface area contributed by atoms with Crippen molar-refractivity contribution in [3.63, 3.8) is 0 Å². The molecule has 1 heterocycles. The number of sulfonamides is 1. The fraction of sp³-hybridized carbons (Fsp3) is 0.588. The molecule has 140 valence electrons. The second-order valence-corrected chi connectivity index (χ2v) is 7.79. The van der Waals surface area contributed by atoms with E-state index in [0.29, 0.717) is 45.0 Å². The first-order valence-corrected chi connectivity index (χ1v) is 9.95. The van der Waals surface area contributed by atoms with Crippen molar-refractivity contribution < 1.29 is 22.7 Å². The van der Waals surface area contributed by atoms with Gasteiger partial charge in [0.05, 0.1) is 24.7 Å². The van der Waals surface area contributed by atoms with Crippen LogP contribution >= 0.6 is 0 Å². The van der Waals surface area contributed by atoms with Gasteiger partial charge in [-0.3, -0.25) is 4.79 Å². The average Bonchev–Trinajstić information content (AvgIpc) is 2.65. The zero-order valence-electron chi connectivity index (χ0n) is 14.6. The van der Waals surface area contributed by atoms with Gasteiger partial charge in [0.2, 0.25) is 10.0 Å². The van der Waals surface area contributed by atoms with Crippen LogP contribution in [0, 0.1) is 0 Å². The Morgan fingerprint density at radius 1 is 1.16 bits per heavy atom. The van der Waals surface area contributed by atoms with Gasteiger partial charge in [-0.2, -0.15) is 4.31 Å². The SMILES string of the molecule is COCCOCCNC(=O)c1cccc(S(=O)(=O)N2CCCCC2)c1. The summed E-state index contributed by atoms with van der Waals surface area (Å²) in [6, 6.07) is 6.18. The van der Waals surface area contributed by atoms with E-state index in [1.807, 2.05) is 0 Å². The number of hydrogen-bond acceptors (Lipinski definition) is 5. The minimum atomic E-state index is -3.54. The molecule has 7 nitrogen and oxygen atoms in total. The number of amides is 1. The van der Waals surface area contributed by atoms with Gasteiger partial charge in [-0.1, -0.05) is 12.5 Å². The maximum Gasteiger partial charge on any atom is 0.251 e. The van der Waals surface area contributed by atoms with Gasteiger partial charge in [-0.15, -0.1) is 0 Å². The van der Waals surface area contributed by atoms with Crippen molar-refractivity contribution in [1.29, 1.82) is 0 Å². The Morgan fingerprint density at radius 2 is 1.92 bits per heavy atom. The Hall–Kier alpha value is -1.48. The molecule has 1 aromatic carbocycles. The van der Waals surface area contributed by atoms with Crippen LogP contribution in [0.5, 0.6) is 0 Å². The topological polar surface area (TPSA) is 84.9 Å². The van der Waals surface area contributed by atoms with Crippen LogP contribution in [0.2, 0.25) is 0 Å². The molecular weight excluding hydrogens is 344 g/mol. The van der Waals surface area contributed by atoms with Gasteiger partial charge in [-0.25, -0.2) is 8.42 Å². The maximum atomic E-state index is 12.7. The molecule has 25 heavy (non-hydrogen) atoms. The van der Waals surface area contributed by atoms with Crippen LogP contribution < -0.4 is 5.32 Å². The minimum Gasteiger partial charge on any atom is -0.382 e. The Labute approximate surface area is 149 Å². The summed E-state index contributed by atoms with van der Waals surface area (Å²) in [7, 11) is -1.95. The normalized spacial score (nSPS) is 15.9. The fourth-order valence-electron chi connectivity index (χ4n) is 2.64. The number of carbonyl (C=O) groups is 1. The van der Waals surface area contributed by atoms with Crippen LogP contribution in [0.4, 0.5) is 0 Å². The van der Waals surface area contributed by atoms with Crippen LogP contribution in [0.1, 0.15) is 29.6 Å².